The van der Waals surface area contributed by atoms with Crippen LogP contribution in [0.4, 0.5) is 4.79 Å². The van der Waals surface area contributed by atoms with Gasteiger partial charge < -0.3 is 10.6 Å². The van der Waals surface area contributed by atoms with Gasteiger partial charge in [-0.2, -0.15) is 0 Å². The number of urea groups is 1. The lowest BCUT2D eigenvalue weighted by atomic mass is 10.1. The van der Waals surface area contributed by atoms with Crippen LogP contribution in [0.5, 0.6) is 0 Å². The average Bonchev–Trinajstić information content (AvgIpc) is 2.90. The number of carbonyl (C=O) groups excluding carboxylic acids is 1. The van der Waals surface area contributed by atoms with Crippen LogP contribution in [-0.2, 0) is 0 Å². The Bertz CT molecular complexity index is 182. The van der Waals surface area contributed by atoms with E-state index in [1.807, 2.05) is 0 Å². The molecule has 82 valence electrons. The van der Waals surface area contributed by atoms with Crippen molar-refractivity contribution in [3.05, 3.63) is 0 Å². The first kappa shape index (κ1) is 11.3. The Labute approximate surface area is 86.6 Å². The highest BCUT2D eigenvalue weighted by Gasteiger charge is 2.35. The smallest absolute Gasteiger partial charge is 0.315 e. The molecule has 1 aliphatic rings. The number of hydrogen-bond donors (Lipinski definition) is 1. The topological polar surface area (TPSA) is 46.1 Å². The van der Waals surface area contributed by atoms with Crippen LogP contribution >= 0.6 is 0 Å². The van der Waals surface area contributed by atoms with E-state index in [9.17, 15) is 4.79 Å². The van der Waals surface area contributed by atoms with E-state index in [-0.39, 0.29) is 6.03 Å². The molecule has 0 spiro atoms. The molecule has 0 aliphatic carbocycles. The van der Waals surface area contributed by atoms with Crippen LogP contribution in [0.15, 0.2) is 0 Å². The first-order chi connectivity index (χ1) is 6.75. The summed E-state index contributed by atoms with van der Waals surface area (Å²) in [7, 11) is 0. The number of rotatable bonds is 7. The predicted octanol–water partition coefficient (Wildman–Crippen LogP) is 2.50. The standard InChI is InChI=1S/C11H22N2O/c1-2-3-4-5-6-7-8-10-9-13(10)11(12)14/h10H,2-9H2,1H3,(H2,12,14). The van der Waals surface area contributed by atoms with Gasteiger partial charge in [-0.05, 0) is 6.42 Å². The zero-order chi connectivity index (χ0) is 10.4. The fourth-order valence-electron chi connectivity index (χ4n) is 1.86. The molecule has 1 atom stereocenters. The first-order valence-corrected chi connectivity index (χ1v) is 5.81. The van der Waals surface area contributed by atoms with Crippen molar-refractivity contribution in [2.75, 3.05) is 6.54 Å². The molecule has 3 heteroatoms. The molecule has 1 aliphatic heterocycles. The quantitative estimate of drug-likeness (QED) is 0.496. The van der Waals surface area contributed by atoms with Crippen LogP contribution in [0, 0.1) is 0 Å². The summed E-state index contributed by atoms with van der Waals surface area (Å²) >= 11 is 0. The van der Waals surface area contributed by atoms with Crippen LogP contribution in [-0.4, -0.2) is 23.5 Å². The first-order valence-electron chi connectivity index (χ1n) is 5.81. The molecule has 0 saturated carbocycles. The monoisotopic (exact) mass is 198 g/mol. The zero-order valence-corrected chi connectivity index (χ0v) is 9.17. The number of nitrogens with two attached hydrogens (primary N) is 1. The Hall–Kier alpha value is -0.730. The van der Waals surface area contributed by atoms with Gasteiger partial charge in [0.15, 0.2) is 0 Å². The van der Waals surface area contributed by atoms with Gasteiger partial charge in [-0.25, -0.2) is 4.79 Å². The second-order valence-electron chi connectivity index (χ2n) is 4.20. The van der Waals surface area contributed by atoms with Crippen molar-refractivity contribution in [2.45, 2.75) is 57.9 Å². The minimum atomic E-state index is -0.249. The highest BCUT2D eigenvalue weighted by Crippen LogP contribution is 2.22. The zero-order valence-electron chi connectivity index (χ0n) is 9.17. The maximum Gasteiger partial charge on any atom is 0.315 e. The molecule has 0 aromatic carbocycles. The summed E-state index contributed by atoms with van der Waals surface area (Å²) in [6, 6.07) is 0.222. The van der Waals surface area contributed by atoms with E-state index in [1.165, 1.54) is 38.5 Å². The molecule has 2 N–H and O–H groups in total. The van der Waals surface area contributed by atoms with Crippen molar-refractivity contribution in [1.29, 1.82) is 0 Å². The molecule has 14 heavy (non-hydrogen) atoms. The third-order valence-corrected chi connectivity index (χ3v) is 2.89. The van der Waals surface area contributed by atoms with Crippen molar-refractivity contribution < 1.29 is 4.79 Å². The molecular weight excluding hydrogens is 176 g/mol. The van der Waals surface area contributed by atoms with Gasteiger partial charge in [-0.1, -0.05) is 45.4 Å². The van der Waals surface area contributed by atoms with Gasteiger partial charge in [0.05, 0.1) is 6.04 Å². The minimum Gasteiger partial charge on any atom is -0.351 e. The maximum absolute atomic E-state index is 10.7. The highest BCUT2D eigenvalue weighted by molar-refractivity contribution is 5.75. The van der Waals surface area contributed by atoms with Crippen LogP contribution in [0.1, 0.15) is 51.9 Å². The summed E-state index contributed by atoms with van der Waals surface area (Å²) in [5.74, 6) is 0. The molecule has 0 radical (unpaired) electrons. The Morgan fingerprint density at radius 2 is 1.93 bits per heavy atom. The number of carbonyl (C=O) groups is 1. The lowest BCUT2D eigenvalue weighted by Gasteiger charge is -2.00. The van der Waals surface area contributed by atoms with E-state index >= 15 is 0 Å². The molecule has 3 nitrogen and oxygen atoms in total. The van der Waals surface area contributed by atoms with Gasteiger partial charge in [-0.3, -0.25) is 0 Å². The van der Waals surface area contributed by atoms with E-state index in [0.29, 0.717) is 6.04 Å². The van der Waals surface area contributed by atoms with Crippen LogP contribution < -0.4 is 5.73 Å². The third-order valence-electron chi connectivity index (χ3n) is 2.89. The summed E-state index contributed by atoms with van der Waals surface area (Å²) < 4.78 is 0. The van der Waals surface area contributed by atoms with Crippen molar-refractivity contribution in [3.63, 3.8) is 0 Å². The van der Waals surface area contributed by atoms with E-state index in [2.05, 4.69) is 6.92 Å². The average molecular weight is 198 g/mol. The van der Waals surface area contributed by atoms with E-state index in [4.69, 9.17) is 5.73 Å². The molecule has 0 aromatic heterocycles. The number of hydrogen-bond acceptors (Lipinski definition) is 1. The molecule has 1 fully saturated rings. The van der Waals surface area contributed by atoms with Gasteiger partial charge in [-0.15, -0.1) is 0 Å². The summed E-state index contributed by atoms with van der Waals surface area (Å²) in [5.41, 5.74) is 5.15. The Kier molecular flexibility index (Phi) is 4.77. The molecule has 0 aromatic rings. The summed E-state index contributed by atoms with van der Waals surface area (Å²) in [6.45, 7) is 3.12. The normalized spacial score (nSPS) is 19.8. The van der Waals surface area contributed by atoms with Crippen molar-refractivity contribution in [3.8, 4) is 0 Å². The molecule has 1 unspecified atom stereocenters. The molecule has 0 bridgehead atoms. The van der Waals surface area contributed by atoms with Gasteiger partial charge in [0, 0.05) is 6.54 Å². The SMILES string of the molecule is CCCCCCCCC1CN1C(N)=O. The maximum atomic E-state index is 10.7. The van der Waals surface area contributed by atoms with Crippen molar-refractivity contribution in [1.82, 2.24) is 4.90 Å². The number of amides is 2. The van der Waals surface area contributed by atoms with Crippen molar-refractivity contribution in [2.24, 2.45) is 5.73 Å². The fourth-order valence-corrected chi connectivity index (χ4v) is 1.86. The summed E-state index contributed by atoms with van der Waals surface area (Å²) in [6.07, 6.45) is 9.07. The van der Waals surface area contributed by atoms with E-state index < -0.39 is 0 Å². The summed E-state index contributed by atoms with van der Waals surface area (Å²) in [5, 5.41) is 0. The minimum absolute atomic E-state index is 0.249. The second kappa shape index (κ2) is 5.89. The Balaban J connectivity index is 1.84. The predicted molar refractivity (Wildman–Crippen MR) is 58.1 cm³/mol. The lowest BCUT2D eigenvalue weighted by Crippen LogP contribution is -2.20. The number of unbranched alkanes of at least 4 members (excludes halogenated alkanes) is 5. The van der Waals surface area contributed by atoms with E-state index in [0.717, 1.165) is 13.0 Å². The molecular formula is C11H22N2O. The van der Waals surface area contributed by atoms with Gasteiger partial charge in [0.25, 0.3) is 0 Å². The van der Waals surface area contributed by atoms with Gasteiger partial charge >= 0.3 is 6.03 Å². The van der Waals surface area contributed by atoms with Crippen molar-refractivity contribution >= 4 is 6.03 Å². The van der Waals surface area contributed by atoms with Crippen LogP contribution in [0.3, 0.4) is 0 Å². The largest absolute Gasteiger partial charge is 0.351 e. The van der Waals surface area contributed by atoms with Gasteiger partial charge in [0.2, 0.25) is 0 Å². The Morgan fingerprint density at radius 1 is 1.29 bits per heavy atom. The molecule has 1 rings (SSSR count). The van der Waals surface area contributed by atoms with Crippen LogP contribution in [0.2, 0.25) is 0 Å². The molecule has 1 saturated heterocycles. The second-order valence-corrected chi connectivity index (χ2v) is 4.20. The molecule has 2 amide bonds. The van der Waals surface area contributed by atoms with Crippen LogP contribution in [0.25, 0.3) is 0 Å². The van der Waals surface area contributed by atoms with E-state index in [1.54, 1.807) is 4.90 Å². The third kappa shape index (κ3) is 3.99. The molecule has 1 heterocycles. The lowest BCUT2D eigenvalue weighted by molar-refractivity contribution is 0.235. The Morgan fingerprint density at radius 3 is 2.50 bits per heavy atom. The van der Waals surface area contributed by atoms with Gasteiger partial charge in [0.1, 0.15) is 0 Å². The fraction of sp³-hybridized carbons (Fsp3) is 0.909. The number of primary amides is 1. The highest BCUT2D eigenvalue weighted by atomic mass is 16.2. The summed E-state index contributed by atoms with van der Waals surface area (Å²) in [4.78, 5) is 12.4. The number of nitrogens with zero attached hydrogens (tertiary/aromatic N) is 1.